The predicted octanol–water partition coefficient (Wildman–Crippen LogP) is 4.20. The number of ether oxygens (including phenoxy) is 1. The van der Waals surface area contributed by atoms with E-state index in [4.69, 9.17) is 4.74 Å². The Morgan fingerprint density at radius 3 is 2.48 bits per heavy atom. The third kappa shape index (κ3) is 3.23. The lowest BCUT2D eigenvalue weighted by Crippen LogP contribution is -2.46. The van der Waals surface area contributed by atoms with Crippen molar-refractivity contribution in [2.75, 3.05) is 7.11 Å². The van der Waals surface area contributed by atoms with Gasteiger partial charge in [0.2, 0.25) is 5.00 Å². The van der Waals surface area contributed by atoms with Gasteiger partial charge in [0.05, 0.1) is 17.9 Å². The molecule has 4 atom stereocenters. The molecule has 0 heterocycles. The molecule has 2 aliphatic carbocycles. The SMILES string of the molecule is COc1ccc2c(c1)CCC(C1CCC(=O)C1(F)S(=O)c1ccc(C)cc1)C2=O. The van der Waals surface area contributed by atoms with Crippen LogP contribution in [0, 0.1) is 18.8 Å². The van der Waals surface area contributed by atoms with Crippen molar-refractivity contribution < 1.29 is 22.9 Å². The smallest absolute Gasteiger partial charge is 0.249 e. The van der Waals surface area contributed by atoms with Crippen molar-refractivity contribution in [3.05, 3.63) is 59.2 Å². The number of fused-ring (bicyclic) bond motifs is 1. The Bertz CT molecular complexity index is 1000. The van der Waals surface area contributed by atoms with E-state index in [-0.39, 0.29) is 23.5 Å². The maximum absolute atomic E-state index is 16.2. The van der Waals surface area contributed by atoms with E-state index in [1.165, 1.54) is 0 Å². The van der Waals surface area contributed by atoms with E-state index < -0.39 is 33.4 Å². The molecule has 0 saturated heterocycles. The molecule has 2 aliphatic rings. The molecule has 2 aromatic carbocycles. The Balaban J connectivity index is 1.68. The van der Waals surface area contributed by atoms with Gasteiger partial charge in [-0.1, -0.05) is 17.7 Å². The summed E-state index contributed by atoms with van der Waals surface area (Å²) in [4.78, 5) is 26.0. The van der Waals surface area contributed by atoms with E-state index in [9.17, 15) is 13.8 Å². The molecule has 4 unspecified atom stereocenters. The molecule has 0 bridgehead atoms. The summed E-state index contributed by atoms with van der Waals surface area (Å²) in [5, 5.41) is -2.53. The number of aryl methyl sites for hydroxylation is 2. The lowest BCUT2D eigenvalue weighted by molar-refractivity contribution is -0.124. The monoisotopic (exact) mass is 414 g/mol. The summed E-state index contributed by atoms with van der Waals surface area (Å²) in [6.45, 7) is 1.88. The van der Waals surface area contributed by atoms with Crippen molar-refractivity contribution in [3.8, 4) is 5.75 Å². The highest BCUT2D eigenvalue weighted by atomic mass is 32.2. The van der Waals surface area contributed by atoms with Gasteiger partial charge in [0, 0.05) is 28.7 Å². The van der Waals surface area contributed by atoms with Crippen LogP contribution >= 0.6 is 0 Å². The molecule has 0 N–H and O–H groups in total. The van der Waals surface area contributed by atoms with Crippen LogP contribution in [0.5, 0.6) is 5.75 Å². The quantitative estimate of drug-likeness (QED) is 0.752. The summed E-state index contributed by atoms with van der Waals surface area (Å²) < 4.78 is 34.6. The minimum Gasteiger partial charge on any atom is -0.497 e. The molecule has 2 aromatic rings. The average molecular weight is 414 g/mol. The Hall–Kier alpha value is -2.34. The Morgan fingerprint density at radius 2 is 1.79 bits per heavy atom. The van der Waals surface area contributed by atoms with E-state index in [0.29, 0.717) is 24.2 Å². The number of Topliss-reactive ketones (excluding diaryl/α,β-unsaturated/α-hetero) is 2. The van der Waals surface area contributed by atoms with Crippen molar-refractivity contribution >= 4 is 22.4 Å². The van der Waals surface area contributed by atoms with Gasteiger partial charge in [0.15, 0.2) is 11.6 Å². The number of ketones is 2. The highest BCUT2D eigenvalue weighted by molar-refractivity contribution is 7.87. The first-order valence-electron chi connectivity index (χ1n) is 9.78. The van der Waals surface area contributed by atoms with Gasteiger partial charge in [-0.05, 0) is 62.1 Å². The third-order valence-corrected chi connectivity index (χ3v) is 7.94. The van der Waals surface area contributed by atoms with Crippen LogP contribution in [-0.4, -0.2) is 27.9 Å². The summed E-state index contributed by atoms with van der Waals surface area (Å²) in [5.41, 5.74) is 2.38. The average Bonchev–Trinajstić information content (AvgIpc) is 3.03. The zero-order valence-corrected chi connectivity index (χ0v) is 17.3. The highest BCUT2D eigenvalue weighted by Crippen LogP contribution is 2.48. The second-order valence-electron chi connectivity index (χ2n) is 7.83. The van der Waals surface area contributed by atoms with E-state index in [0.717, 1.165) is 11.1 Å². The minimum absolute atomic E-state index is 0.0119. The fourth-order valence-electron chi connectivity index (χ4n) is 4.55. The first kappa shape index (κ1) is 20.0. The van der Waals surface area contributed by atoms with E-state index in [1.807, 2.05) is 13.0 Å². The van der Waals surface area contributed by atoms with Crippen LogP contribution in [0.25, 0.3) is 0 Å². The molecule has 4 rings (SSSR count). The van der Waals surface area contributed by atoms with Crippen LogP contribution in [0.15, 0.2) is 47.4 Å². The minimum atomic E-state index is -2.53. The largest absolute Gasteiger partial charge is 0.497 e. The molecular weight excluding hydrogens is 391 g/mol. The van der Waals surface area contributed by atoms with Crippen molar-refractivity contribution in [2.45, 2.75) is 42.5 Å². The molecule has 0 aromatic heterocycles. The lowest BCUT2D eigenvalue weighted by Gasteiger charge is -2.34. The molecule has 152 valence electrons. The van der Waals surface area contributed by atoms with Crippen LogP contribution < -0.4 is 4.74 Å². The van der Waals surface area contributed by atoms with Gasteiger partial charge in [0.25, 0.3) is 0 Å². The van der Waals surface area contributed by atoms with Crippen molar-refractivity contribution in [3.63, 3.8) is 0 Å². The third-order valence-electron chi connectivity index (χ3n) is 6.17. The zero-order valence-electron chi connectivity index (χ0n) is 16.4. The Morgan fingerprint density at radius 1 is 1.07 bits per heavy atom. The summed E-state index contributed by atoms with van der Waals surface area (Å²) in [5.74, 6) is -1.68. The number of rotatable bonds is 4. The maximum atomic E-state index is 16.2. The summed E-state index contributed by atoms with van der Waals surface area (Å²) in [6.07, 6.45) is 1.29. The molecule has 0 amide bonds. The predicted molar refractivity (Wildman–Crippen MR) is 108 cm³/mol. The van der Waals surface area contributed by atoms with Crippen LogP contribution in [0.3, 0.4) is 0 Å². The summed E-state index contributed by atoms with van der Waals surface area (Å²) in [7, 11) is -0.594. The number of carbonyl (C=O) groups is 2. The molecule has 0 spiro atoms. The first-order chi connectivity index (χ1) is 13.9. The number of benzene rings is 2. The Labute approximate surface area is 171 Å². The van der Waals surface area contributed by atoms with Gasteiger partial charge in [-0.2, -0.15) is 0 Å². The van der Waals surface area contributed by atoms with Gasteiger partial charge in [-0.15, -0.1) is 0 Å². The summed E-state index contributed by atoms with van der Waals surface area (Å²) >= 11 is 0. The lowest BCUT2D eigenvalue weighted by atomic mass is 9.74. The van der Waals surface area contributed by atoms with Gasteiger partial charge >= 0.3 is 0 Å². The molecule has 1 fully saturated rings. The number of carbonyl (C=O) groups excluding carboxylic acids is 2. The molecule has 1 saturated carbocycles. The normalized spacial score (nSPS) is 27.6. The van der Waals surface area contributed by atoms with Gasteiger partial charge in [0.1, 0.15) is 5.75 Å². The second-order valence-corrected chi connectivity index (χ2v) is 9.43. The molecule has 0 aliphatic heterocycles. The van der Waals surface area contributed by atoms with Crippen molar-refractivity contribution in [2.24, 2.45) is 11.8 Å². The van der Waals surface area contributed by atoms with Gasteiger partial charge in [-0.25, -0.2) is 4.39 Å². The first-order valence-corrected chi connectivity index (χ1v) is 10.9. The number of hydrogen-bond donors (Lipinski definition) is 0. The number of methoxy groups -OCH3 is 1. The highest BCUT2D eigenvalue weighted by Gasteiger charge is 2.59. The van der Waals surface area contributed by atoms with E-state index in [1.54, 1.807) is 43.5 Å². The van der Waals surface area contributed by atoms with Crippen LogP contribution in [-0.2, 0) is 22.0 Å². The zero-order chi connectivity index (χ0) is 20.8. The molecule has 29 heavy (non-hydrogen) atoms. The van der Waals surface area contributed by atoms with Crippen molar-refractivity contribution in [1.82, 2.24) is 0 Å². The number of alkyl halides is 1. The fourth-order valence-corrected chi connectivity index (χ4v) is 6.15. The van der Waals surface area contributed by atoms with Crippen LogP contribution in [0.4, 0.5) is 4.39 Å². The topological polar surface area (TPSA) is 60.4 Å². The molecule has 4 nitrogen and oxygen atoms in total. The van der Waals surface area contributed by atoms with E-state index in [2.05, 4.69) is 0 Å². The second kappa shape index (κ2) is 7.48. The van der Waals surface area contributed by atoms with Crippen molar-refractivity contribution in [1.29, 1.82) is 0 Å². The van der Waals surface area contributed by atoms with E-state index >= 15 is 4.39 Å². The van der Waals surface area contributed by atoms with Crippen LogP contribution in [0.2, 0.25) is 0 Å². The number of halogens is 1. The molecular formula is C23H23FO4S. The molecule has 0 radical (unpaired) electrons. The number of hydrogen-bond acceptors (Lipinski definition) is 4. The maximum Gasteiger partial charge on any atom is 0.249 e. The summed E-state index contributed by atoms with van der Waals surface area (Å²) in [6, 6.07) is 11.9. The Kier molecular flexibility index (Phi) is 5.15. The molecule has 6 heteroatoms. The van der Waals surface area contributed by atoms with Gasteiger partial charge in [-0.3, -0.25) is 13.8 Å². The van der Waals surface area contributed by atoms with Crippen LogP contribution in [0.1, 0.15) is 40.7 Å². The standard InChI is InChI=1S/C23H23FO4S/c1-14-3-7-17(8-4-14)29(27)23(24)20(11-12-21(23)25)19-9-5-15-13-16(28-2)6-10-18(15)22(19)26/h3-4,6-8,10,13,19-20H,5,9,11-12H2,1-2H3. The van der Waals surface area contributed by atoms with Gasteiger partial charge < -0.3 is 4.74 Å². The fraction of sp³-hybridized carbons (Fsp3) is 0.391.